The van der Waals surface area contributed by atoms with Gasteiger partial charge in [-0.3, -0.25) is 4.98 Å². The van der Waals surface area contributed by atoms with Crippen LogP contribution in [0.4, 0.5) is 0 Å². The molecular formula is C10H6N4S. The number of hydrogen-bond acceptors (Lipinski definition) is 5. The van der Waals surface area contributed by atoms with Crippen molar-refractivity contribution in [3.05, 3.63) is 36.7 Å². The molecule has 0 spiro atoms. The molecule has 0 aliphatic heterocycles. The Balaban J connectivity index is 2.21. The van der Waals surface area contributed by atoms with Crippen LogP contribution in [0, 0.1) is 0 Å². The number of hydrogen-bond donors (Lipinski definition) is 0. The van der Waals surface area contributed by atoms with Crippen molar-refractivity contribution < 1.29 is 0 Å². The van der Waals surface area contributed by atoms with E-state index in [4.69, 9.17) is 0 Å². The van der Waals surface area contributed by atoms with Gasteiger partial charge in [0.05, 0.1) is 16.6 Å². The third kappa shape index (κ3) is 1.46. The summed E-state index contributed by atoms with van der Waals surface area (Å²) in [5.41, 5.74) is 1.56. The first-order valence-corrected chi connectivity index (χ1v) is 5.25. The summed E-state index contributed by atoms with van der Waals surface area (Å²) in [6.45, 7) is 0. The van der Waals surface area contributed by atoms with Crippen molar-refractivity contribution in [2.75, 3.05) is 0 Å². The van der Waals surface area contributed by atoms with Crippen molar-refractivity contribution in [3.8, 4) is 10.7 Å². The van der Waals surface area contributed by atoms with Gasteiger partial charge in [0.25, 0.3) is 0 Å². The van der Waals surface area contributed by atoms with Crippen molar-refractivity contribution in [1.29, 1.82) is 0 Å². The van der Waals surface area contributed by atoms with E-state index in [9.17, 15) is 0 Å². The lowest BCUT2D eigenvalue weighted by atomic mass is 10.4. The molecule has 5 heteroatoms. The van der Waals surface area contributed by atoms with E-state index in [1.165, 1.54) is 0 Å². The van der Waals surface area contributed by atoms with Gasteiger partial charge in [-0.25, -0.2) is 4.98 Å². The molecule has 0 radical (unpaired) electrons. The van der Waals surface area contributed by atoms with E-state index in [1.807, 2.05) is 24.3 Å². The van der Waals surface area contributed by atoms with E-state index < -0.39 is 0 Å². The molecule has 0 fully saturated rings. The average Bonchev–Trinajstić information content (AvgIpc) is 2.74. The molecule has 0 N–H and O–H groups in total. The largest absolute Gasteiger partial charge is 0.254 e. The molecule has 0 unspecified atom stereocenters. The van der Waals surface area contributed by atoms with Gasteiger partial charge in [0.15, 0.2) is 5.65 Å². The monoisotopic (exact) mass is 214 g/mol. The predicted molar refractivity (Wildman–Crippen MR) is 58.4 cm³/mol. The first-order valence-electron chi connectivity index (χ1n) is 4.43. The van der Waals surface area contributed by atoms with Crippen LogP contribution < -0.4 is 0 Å². The second-order valence-corrected chi connectivity index (χ2v) is 3.98. The molecule has 0 bridgehead atoms. The van der Waals surface area contributed by atoms with Gasteiger partial charge >= 0.3 is 0 Å². The van der Waals surface area contributed by atoms with Crippen LogP contribution >= 0.6 is 11.3 Å². The average molecular weight is 214 g/mol. The van der Waals surface area contributed by atoms with E-state index in [1.54, 1.807) is 23.7 Å². The first-order chi connectivity index (χ1) is 7.43. The van der Waals surface area contributed by atoms with Gasteiger partial charge in [-0.2, -0.15) is 5.10 Å². The molecule has 3 aromatic rings. The molecular weight excluding hydrogens is 208 g/mol. The Morgan fingerprint density at radius 3 is 2.87 bits per heavy atom. The molecule has 0 atom stereocenters. The van der Waals surface area contributed by atoms with Crippen LogP contribution in [0.1, 0.15) is 0 Å². The molecule has 0 aliphatic carbocycles. The zero-order valence-electron chi connectivity index (χ0n) is 7.66. The standard InChI is InChI=1S/C10H6N4S/c1-2-5-11-7(3-1)10-13-9-8(15-10)4-6-12-14-9/h1-6H. The Morgan fingerprint density at radius 1 is 1.07 bits per heavy atom. The normalized spacial score (nSPS) is 10.7. The highest BCUT2D eigenvalue weighted by molar-refractivity contribution is 7.21. The van der Waals surface area contributed by atoms with Crippen molar-refractivity contribution in [3.63, 3.8) is 0 Å². The smallest absolute Gasteiger partial charge is 0.193 e. The van der Waals surface area contributed by atoms with E-state index in [0.717, 1.165) is 15.4 Å². The third-order valence-electron chi connectivity index (χ3n) is 1.96. The van der Waals surface area contributed by atoms with Crippen molar-refractivity contribution in [2.45, 2.75) is 0 Å². The molecule has 3 heterocycles. The van der Waals surface area contributed by atoms with Crippen LogP contribution in [0.5, 0.6) is 0 Å². The highest BCUT2D eigenvalue weighted by atomic mass is 32.1. The van der Waals surface area contributed by atoms with Crippen LogP contribution in [-0.2, 0) is 0 Å². The molecule has 15 heavy (non-hydrogen) atoms. The predicted octanol–water partition coefficient (Wildman–Crippen LogP) is 2.15. The summed E-state index contributed by atoms with van der Waals surface area (Å²) in [7, 11) is 0. The summed E-state index contributed by atoms with van der Waals surface area (Å²) in [6.07, 6.45) is 3.43. The maximum absolute atomic E-state index is 4.37. The summed E-state index contributed by atoms with van der Waals surface area (Å²) in [6, 6.07) is 7.67. The van der Waals surface area contributed by atoms with Gasteiger partial charge in [-0.05, 0) is 18.2 Å². The molecule has 0 amide bonds. The summed E-state index contributed by atoms with van der Waals surface area (Å²) < 4.78 is 1.03. The fourth-order valence-electron chi connectivity index (χ4n) is 1.29. The Hall–Kier alpha value is -1.88. The molecule has 4 nitrogen and oxygen atoms in total. The van der Waals surface area contributed by atoms with Crippen molar-refractivity contribution in [1.82, 2.24) is 20.2 Å². The van der Waals surface area contributed by atoms with E-state index in [0.29, 0.717) is 5.65 Å². The second kappa shape index (κ2) is 3.36. The summed E-state index contributed by atoms with van der Waals surface area (Å²) in [5.74, 6) is 0. The van der Waals surface area contributed by atoms with Crippen LogP contribution in [0.3, 0.4) is 0 Å². The highest BCUT2D eigenvalue weighted by Gasteiger charge is 2.06. The quantitative estimate of drug-likeness (QED) is 0.622. The zero-order chi connectivity index (χ0) is 10.1. The number of pyridine rings is 1. The number of thiazole rings is 1. The van der Waals surface area contributed by atoms with Gasteiger partial charge in [0.2, 0.25) is 0 Å². The van der Waals surface area contributed by atoms with E-state index in [2.05, 4.69) is 20.2 Å². The summed E-state index contributed by atoms with van der Waals surface area (Å²) in [4.78, 5) is 8.61. The van der Waals surface area contributed by atoms with Gasteiger partial charge in [-0.15, -0.1) is 16.4 Å². The molecule has 0 aliphatic rings. The van der Waals surface area contributed by atoms with Crippen LogP contribution in [0.2, 0.25) is 0 Å². The molecule has 3 aromatic heterocycles. The zero-order valence-corrected chi connectivity index (χ0v) is 8.48. The fourth-order valence-corrected chi connectivity index (χ4v) is 2.16. The highest BCUT2D eigenvalue weighted by Crippen LogP contribution is 2.26. The molecule has 0 aromatic carbocycles. The van der Waals surface area contributed by atoms with Crippen molar-refractivity contribution in [2.24, 2.45) is 0 Å². The third-order valence-corrected chi connectivity index (χ3v) is 3.00. The number of aromatic nitrogens is 4. The van der Waals surface area contributed by atoms with Gasteiger partial charge in [0, 0.05) is 6.20 Å². The van der Waals surface area contributed by atoms with Crippen molar-refractivity contribution >= 4 is 21.7 Å². The maximum atomic E-state index is 4.37. The Kier molecular flexibility index (Phi) is 1.89. The minimum Gasteiger partial charge on any atom is -0.254 e. The molecule has 72 valence electrons. The Morgan fingerprint density at radius 2 is 2.07 bits per heavy atom. The lowest BCUT2D eigenvalue weighted by Gasteiger charge is -1.90. The topological polar surface area (TPSA) is 51.6 Å². The van der Waals surface area contributed by atoms with Crippen LogP contribution in [-0.4, -0.2) is 20.2 Å². The van der Waals surface area contributed by atoms with E-state index in [-0.39, 0.29) is 0 Å². The SMILES string of the molecule is c1ccc(-c2nc3nnccc3s2)nc1. The molecule has 3 rings (SSSR count). The summed E-state index contributed by atoms with van der Waals surface area (Å²) in [5, 5.41) is 8.62. The summed E-state index contributed by atoms with van der Waals surface area (Å²) >= 11 is 1.57. The minimum absolute atomic E-state index is 0.683. The number of rotatable bonds is 1. The van der Waals surface area contributed by atoms with Gasteiger partial charge < -0.3 is 0 Å². The fraction of sp³-hybridized carbons (Fsp3) is 0. The lowest BCUT2D eigenvalue weighted by Crippen LogP contribution is -1.81. The van der Waals surface area contributed by atoms with Gasteiger partial charge in [-0.1, -0.05) is 6.07 Å². The maximum Gasteiger partial charge on any atom is 0.193 e. The molecule has 0 saturated carbocycles. The molecule has 0 saturated heterocycles. The Labute approximate surface area is 89.7 Å². The Bertz CT molecular complexity index is 557. The number of nitrogens with zero attached hydrogens (tertiary/aromatic N) is 4. The minimum atomic E-state index is 0.683. The number of fused-ring (bicyclic) bond motifs is 1. The van der Waals surface area contributed by atoms with Crippen LogP contribution in [0.15, 0.2) is 36.7 Å². The van der Waals surface area contributed by atoms with Gasteiger partial charge in [0.1, 0.15) is 5.01 Å². The first kappa shape index (κ1) is 8.43. The lowest BCUT2D eigenvalue weighted by molar-refractivity contribution is 1.06. The van der Waals surface area contributed by atoms with Crippen LogP contribution in [0.25, 0.3) is 21.0 Å². The van der Waals surface area contributed by atoms with E-state index >= 15 is 0 Å². The second-order valence-electron chi connectivity index (χ2n) is 2.95.